The lowest BCUT2D eigenvalue weighted by atomic mass is 10.0. The Morgan fingerprint density at radius 1 is 0.979 bits per heavy atom. The van der Waals surface area contributed by atoms with Gasteiger partial charge in [-0.15, -0.1) is 0 Å². The van der Waals surface area contributed by atoms with Gasteiger partial charge < -0.3 is 34.8 Å². The van der Waals surface area contributed by atoms with Crippen LogP contribution in [-0.2, 0) is 4.57 Å². The molecule has 0 radical (unpaired) electrons. The number of aliphatic hydroxyl groups is 1. The molecule has 256 valence electrons. The summed E-state index contributed by atoms with van der Waals surface area (Å²) in [6.45, 7) is 7.62. The predicted octanol–water partition coefficient (Wildman–Crippen LogP) is 6.40. The molecule has 5 rings (SSSR count). The van der Waals surface area contributed by atoms with Gasteiger partial charge in [0.1, 0.15) is 17.9 Å². The Balaban J connectivity index is 1.15. The fourth-order valence-corrected chi connectivity index (χ4v) is 7.65. The average Bonchev–Trinajstić information content (AvgIpc) is 3.09. The van der Waals surface area contributed by atoms with Crippen molar-refractivity contribution in [2.24, 2.45) is 0 Å². The molecule has 0 bridgehead atoms. The van der Waals surface area contributed by atoms with Crippen LogP contribution in [0.4, 0.5) is 28.8 Å². The minimum Gasteiger partial charge on any atom is -0.494 e. The second-order valence-corrected chi connectivity index (χ2v) is 16.3. The third-order valence-electron chi connectivity index (χ3n) is 8.99. The highest BCUT2D eigenvalue weighted by atomic mass is 35.5. The molecule has 47 heavy (non-hydrogen) atoms. The Kier molecular flexibility index (Phi) is 11.8. The zero-order valence-corrected chi connectivity index (χ0v) is 29.6. The van der Waals surface area contributed by atoms with Crippen molar-refractivity contribution in [3.05, 3.63) is 53.7 Å². The molecule has 2 aliphatic heterocycles. The lowest BCUT2D eigenvalue weighted by Gasteiger charge is -2.43. The topological polar surface area (TPSA) is 106 Å². The Bertz CT molecular complexity index is 1580. The fraction of sp³-hybridized carbons (Fsp3) is 0.543. The van der Waals surface area contributed by atoms with Crippen LogP contribution in [0.25, 0.3) is 0 Å². The average molecular weight is 686 g/mol. The van der Waals surface area contributed by atoms with Crippen LogP contribution in [0.3, 0.4) is 0 Å². The number of aliphatic hydroxyl groups excluding tert-OH is 1. The Hall–Kier alpha value is -2.88. The first kappa shape index (κ1) is 32.7. The maximum absolute atomic E-state index is 12.9. The zero-order chi connectivity index (χ0) is 35.0. The van der Waals surface area contributed by atoms with E-state index in [4.69, 9.17) is 24.2 Å². The number of aromatic nitrogens is 2. The van der Waals surface area contributed by atoms with Gasteiger partial charge in [-0.3, -0.25) is 4.90 Å². The molecule has 2 aliphatic rings. The molecule has 3 heterocycles. The SMILES string of the molecule is [2H]C([2H])(CCCCCCO)N1CCN(C2CCN(c3ccc(Nc4ncc(Cl)c(Nc5ccccc5P(C)(C)=O)n4)c(OC)c3)CC2)CC1. The van der Waals surface area contributed by atoms with Crippen molar-refractivity contribution in [3.8, 4) is 5.75 Å². The first-order chi connectivity index (χ1) is 23.5. The van der Waals surface area contributed by atoms with Crippen LogP contribution in [0.1, 0.15) is 47.7 Å². The molecule has 0 amide bonds. The number of unbranched alkanes of at least 4 members (excludes halogenated alkanes) is 3. The van der Waals surface area contributed by atoms with Gasteiger partial charge in [-0.1, -0.05) is 43.0 Å². The van der Waals surface area contributed by atoms with E-state index in [0.29, 0.717) is 40.7 Å². The summed E-state index contributed by atoms with van der Waals surface area (Å²) in [5, 5.41) is 16.5. The molecule has 0 aliphatic carbocycles. The van der Waals surface area contributed by atoms with Crippen molar-refractivity contribution >= 4 is 52.9 Å². The lowest BCUT2D eigenvalue weighted by Crippen LogP contribution is -2.53. The number of piperazine rings is 1. The second-order valence-electron chi connectivity index (χ2n) is 12.7. The molecule has 0 saturated carbocycles. The van der Waals surface area contributed by atoms with E-state index in [1.54, 1.807) is 20.4 Å². The van der Waals surface area contributed by atoms with Crippen LogP contribution >= 0.6 is 18.7 Å². The van der Waals surface area contributed by atoms with Crippen LogP contribution < -0.4 is 25.6 Å². The molecule has 0 atom stereocenters. The highest BCUT2D eigenvalue weighted by Gasteiger charge is 2.28. The molecule has 3 N–H and O–H groups in total. The van der Waals surface area contributed by atoms with Crippen LogP contribution in [0.5, 0.6) is 5.75 Å². The Labute approximate surface area is 288 Å². The molecule has 2 saturated heterocycles. The minimum atomic E-state index is -2.53. The molecular formula is C35H51ClN7O3P. The molecule has 0 unspecified atom stereocenters. The molecule has 3 aromatic rings. The van der Waals surface area contributed by atoms with Crippen molar-refractivity contribution in [2.75, 3.05) is 88.3 Å². The summed E-state index contributed by atoms with van der Waals surface area (Å²) in [5.41, 5.74) is 2.51. The largest absolute Gasteiger partial charge is 0.494 e. The number of nitrogens with one attached hydrogen (secondary N) is 2. The van der Waals surface area contributed by atoms with E-state index < -0.39 is 13.6 Å². The molecular weight excluding hydrogens is 633 g/mol. The second kappa shape index (κ2) is 17.0. The standard InChI is InChI=1S/C35H51ClN7O3P/c1-46-32-25-28(42-18-15-27(16-19-42)43-22-20-41(21-23-43)17-9-5-4-6-10-24-44)13-14-30(32)39-35-37-26-29(36)34(40-35)38-31-11-7-8-12-33(31)47(2,3)45/h7-8,11-14,25-27,44H,4-6,9-10,15-24H2,1-3H3,(H2,37,38,39,40)/i17D2. The highest BCUT2D eigenvalue weighted by Crippen LogP contribution is 2.39. The molecule has 2 aromatic carbocycles. The van der Waals surface area contributed by atoms with Gasteiger partial charge in [-0.25, -0.2) is 4.98 Å². The van der Waals surface area contributed by atoms with Crippen LogP contribution in [0.2, 0.25) is 5.02 Å². The number of ether oxygens (including phenoxy) is 1. The summed E-state index contributed by atoms with van der Waals surface area (Å²) in [6, 6.07) is 14.1. The fourth-order valence-electron chi connectivity index (χ4n) is 6.35. The van der Waals surface area contributed by atoms with Gasteiger partial charge in [0.15, 0.2) is 5.82 Å². The van der Waals surface area contributed by atoms with Gasteiger partial charge in [0.2, 0.25) is 5.95 Å². The van der Waals surface area contributed by atoms with Gasteiger partial charge in [0, 0.05) is 71.7 Å². The number of para-hydroxylation sites is 1. The summed E-state index contributed by atoms with van der Waals surface area (Å²) in [6.07, 6.45) is 7.80. The molecule has 12 heteroatoms. The van der Waals surface area contributed by atoms with Gasteiger partial charge in [0.25, 0.3) is 0 Å². The molecule has 10 nitrogen and oxygen atoms in total. The summed E-state index contributed by atoms with van der Waals surface area (Å²) in [5.74, 6) is 1.43. The quantitative estimate of drug-likeness (QED) is 0.123. The van der Waals surface area contributed by atoms with Crippen LogP contribution in [-0.4, -0.2) is 104 Å². The summed E-state index contributed by atoms with van der Waals surface area (Å²) >= 11 is 6.45. The number of hydrogen-bond acceptors (Lipinski definition) is 10. The molecule has 0 spiro atoms. The number of piperidine rings is 1. The number of benzene rings is 2. The van der Waals surface area contributed by atoms with E-state index in [9.17, 15) is 4.57 Å². The lowest BCUT2D eigenvalue weighted by molar-refractivity contribution is 0.0839. The van der Waals surface area contributed by atoms with Crippen molar-refractivity contribution in [1.82, 2.24) is 19.8 Å². The maximum Gasteiger partial charge on any atom is 0.229 e. The number of anilines is 5. The summed E-state index contributed by atoms with van der Waals surface area (Å²) < 4.78 is 35.8. The zero-order valence-electron chi connectivity index (χ0n) is 29.9. The minimum absolute atomic E-state index is 0.217. The summed E-state index contributed by atoms with van der Waals surface area (Å²) in [4.78, 5) is 16.0. The van der Waals surface area contributed by atoms with Gasteiger partial charge in [-0.05, 0) is 69.8 Å². The predicted molar refractivity (Wildman–Crippen MR) is 196 cm³/mol. The molecule has 2 fully saturated rings. The third-order valence-corrected chi connectivity index (χ3v) is 10.8. The first-order valence-corrected chi connectivity index (χ1v) is 19.7. The van der Waals surface area contributed by atoms with E-state index in [2.05, 4.69) is 36.5 Å². The normalized spacial score (nSPS) is 17.7. The Morgan fingerprint density at radius 2 is 1.70 bits per heavy atom. The Morgan fingerprint density at radius 3 is 2.43 bits per heavy atom. The van der Waals surface area contributed by atoms with Crippen molar-refractivity contribution in [1.29, 1.82) is 0 Å². The van der Waals surface area contributed by atoms with Crippen molar-refractivity contribution < 1.29 is 17.1 Å². The van der Waals surface area contributed by atoms with E-state index in [1.807, 2.05) is 41.3 Å². The number of rotatable bonds is 15. The van der Waals surface area contributed by atoms with Crippen molar-refractivity contribution in [2.45, 2.75) is 51.0 Å². The van der Waals surface area contributed by atoms with Crippen LogP contribution in [0.15, 0.2) is 48.7 Å². The van der Waals surface area contributed by atoms with E-state index in [1.165, 1.54) is 6.20 Å². The smallest absolute Gasteiger partial charge is 0.229 e. The van der Waals surface area contributed by atoms with Gasteiger partial charge >= 0.3 is 0 Å². The van der Waals surface area contributed by atoms with Gasteiger partial charge in [0.05, 0.1) is 24.7 Å². The maximum atomic E-state index is 12.9. The van der Waals surface area contributed by atoms with Gasteiger partial charge in [-0.2, -0.15) is 4.98 Å². The first-order valence-electron chi connectivity index (χ1n) is 17.7. The van der Waals surface area contributed by atoms with E-state index >= 15 is 0 Å². The van der Waals surface area contributed by atoms with E-state index in [-0.39, 0.29) is 6.61 Å². The van der Waals surface area contributed by atoms with Crippen molar-refractivity contribution in [3.63, 3.8) is 0 Å². The number of nitrogens with zero attached hydrogens (tertiary/aromatic N) is 5. The number of methoxy groups -OCH3 is 1. The third kappa shape index (κ3) is 9.83. The number of hydrogen-bond donors (Lipinski definition) is 3. The number of halogens is 1. The summed E-state index contributed by atoms with van der Waals surface area (Å²) in [7, 11) is -0.884. The highest BCUT2D eigenvalue weighted by molar-refractivity contribution is 7.70. The van der Waals surface area contributed by atoms with E-state index in [0.717, 1.165) is 94.5 Å². The van der Waals surface area contributed by atoms with Crippen LogP contribution in [0, 0.1) is 0 Å². The monoisotopic (exact) mass is 685 g/mol. The molecule has 1 aromatic heterocycles.